The Hall–Kier alpha value is -4.13. The first-order valence-corrected chi connectivity index (χ1v) is 16.3. The minimum absolute atomic E-state index is 0.0266. The highest BCUT2D eigenvalue weighted by Gasteiger charge is 2.39. The summed E-state index contributed by atoms with van der Waals surface area (Å²) in [7, 11) is 0. The third-order valence-electron chi connectivity index (χ3n) is 9.54. The fourth-order valence-electron chi connectivity index (χ4n) is 6.97. The third-order valence-corrected chi connectivity index (χ3v) is 9.54. The summed E-state index contributed by atoms with van der Waals surface area (Å²) in [6.07, 6.45) is 6.05. The molecule has 2 aliphatic carbocycles. The van der Waals surface area contributed by atoms with Gasteiger partial charge in [0.25, 0.3) is 5.91 Å². The molecule has 1 saturated carbocycles. The predicted molar refractivity (Wildman–Crippen MR) is 175 cm³/mol. The molecule has 0 heterocycles. The fourth-order valence-corrected chi connectivity index (χ4v) is 6.97. The Morgan fingerprint density at radius 1 is 0.889 bits per heavy atom. The Morgan fingerprint density at radius 2 is 1.60 bits per heavy atom. The van der Waals surface area contributed by atoms with Gasteiger partial charge < -0.3 is 20.1 Å². The van der Waals surface area contributed by atoms with Gasteiger partial charge in [-0.15, -0.1) is 0 Å². The predicted octanol–water partition coefficient (Wildman–Crippen LogP) is 7.13. The van der Waals surface area contributed by atoms with Gasteiger partial charge in [-0.1, -0.05) is 69.3 Å². The molecule has 1 unspecified atom stereocenters. The number of hydrogen-bond donors (Lipinski definition) is 2. The van der Waals surface area contributed by atoms with E-state index in [1.165, 1.54) is 0 Å². The number of nitrogens with zero attached hydrogens (tertiary/aromatic N) is 1. The Labute approximate surface area is 267 Å². The lowest BCUT2D eigenvalue weighted by Gasteiger charge is -2.43. The number of rotatable bonds is 11. The quantitative estimate of drug-likeness (QED) is 0.241. The fraction of sp³-hybridized carbons (Fsp3) is 0.447. The van der Waals surface area contributed by atoms with Gasteiger partial charge in [0.05, 0.1) is 18.9 Å². The largest absolute Gasteiger partial charge is 0.489 e. The van der Waals surface area contributed by atoms with Gasteiger partial charge in [-0.2, -0.15) is 0 Å². The molecule has 0 aliphatic heterocycles. The van der Waals surface area contributed by atoms with Gasteiger partial charge >= 0.3 is 5.97 Å². The first-order valence-electron chi connectivity index (χ1n) is 16.3. The van der Waals surface area contributed by atoms with Crippen LogP contribution in [-0.4, -0.2) is 40.4 Å². The number of benzene rings is 3. The number of fused-ring (bicyclic) bond motifs is 1. The number of hydrogen-bond acceptors (Lipinski definition) is 4. The molecular weight excluding hydrogens is 564 g/mol. The zero-order valence-electron chi connectivity index (χ0n) is 26.8. The van der Waals surface area contributed by atoms with Gasteiger partial charge in [-0.25, -0.2) is 0 Å². The van der Waals surface area contributed by atoms with Crippen molar-refractivity contribution >= 4 is 17.8 Å². The van der Waals surface area contributed by atoms with Gasteiger partial charge in [0, 0.05) is 18.2 Å². The van der Waals surface area contributed by atoms with Crippen LogP contribution in [0, 0.1) is 11.3 Å². The monoisotopic (exact) mass is 610 g/mol. The summed E-state index contributed by atoms with van der Waals surface area (Å²) in [6, 6.07) is 23.8. The van der Waals surface area contributed by atoms with Crippen LogP contribution in [0.25, 0.3) is 0 Å². The molecule has 0 radical (unpaired) electrons. The normalized spacial score (nSPS) is 19.4. The summed E-state index contributed by atoms with van der Waals surface area (Å²) in [4.78, 5) is 39.9. The second-order valence-electron chi connectivity index (χ2n) is 13.6. The number of carboxylic acids is 1. The number of nitrogens with one attached hydrogen (secondary N) is 1. The average molecular weight is 611 g/mol. The van der Waals surface area contributed by atoms with Crippen LogP contribution < -0.4 is 10.1 Å². The van der Waals surface area contributed by atoms with E-state index in [1.807, 2.05) is 66.7 Å². The highest BCUT2D eigenvalue weighted by molar-refractivity contribution is 5.94. The number of carboxylic acid groups (broad SMARTS) is 1. The lowest BCUT2D eigenvalue weighted by Crippen LogP contribution is -2.45. The second kappa shape index (κ2) is 14.3. The first-order chi connectivity index (χ1) is 21.6. The average Bonchev–Trinajstić information content (AvgIpc) is 3.44. The summed E-state index contributed by atoms with van der Waals surface area (Å²) < 4.78 is 5.96. The molecule has 1 atom stereocenters. The molecule has 0 bridgehead atoms. The van der Waals surface area contributed by atoms with Crippen molar-refractivity contribution in [3.05, 3.63) is 101 Å². The minimum atomic E-state index is -0.944. The summed E-state index contributed by atoms with van der Waals surface area (Å²) in [5, 5.41) is 11.6. The molecule has 0 aromatic heterocycles. The number of ether oxygens (including phenoxy) is 1. The van der Waals surface area contributed by atoms with Gasteiger partial charge in [0.2, 0.25) is 5.91 Å². The summed E-state index contributed by atoms with van der Waals surface area (Å²) in [6.45, 7) is 7.54. The standard InChI is InChI=1S/C38H46N2O5/c1-38(2,3)30-13-15-31(16-14-30)40(34-20-12-28-24-29(11-19-33(28)34)37(44)39-22-21-36(42)43)35(41)23-26-9-17-32(18-10-26)45-25-27-7-5-4-6-8-27/h4-11,17-19,24,30-31,34H,12-16,20-23,25H2,1-3H3,(H,39,44)(H,42,43). The minimum Gasteiger partial charge on any atom is -0.489 e. The van der Waals surface area contributed by atoms with Gasteiger partial charge in [0.15, 0.2) is 0 Å². The zero-order valence-corrected chi connectivity index (χ0v) is 26.8. The molecular formula is C38H46N2O5. The van der Waals surface area contributed by atoms with Crippen molar-refractivity contribution in [3.8, 4) is 5.75 Å². The summed E-state index contributed by atoms with van der Waals surface area (Å²) in [5.74, 6) is 0.348. The number of aryl methyl sites for hydroxylation is 1. The Morgan fingerprint density at radius 3 is 2.27 bits per heavy atom. The van der Waals surface area contributed by atoms with E-state index in [-0.39, 0.29) is 42.3 Å². The van der Waals surface area contributed by atoms with Crippen LogP contribution in [0.4, 0.5) is 0 Å². The van der Waals surface area contributed by atoms with Crippen molar-refractivity contribution in [1.29, 1.82) is 0 Å². The molecule has 2 amide bonds. The highest BCUT2D eigenvalue weighted by atomic mass is 16.5. The number of amides is 2. The van der Waals surface area contributed by atoms with Crippen LogP contribution in [0.2, 0.25) is 0 Å². The highest BCUT2D eigenvalue weighted by Crippen LogP contribution is 2.44. The molecule has 0 saturated heterocycles. The topological polar surface area (TPSA) is 95.9 Å². The maximum atomic E-state index is 14.2. The maximum absolute atomic E-state index is 14.2. The van der Waals surface area contributed by atoms with E-state index in [2.05, 4.69) is 31.0 Å². The Bertz CT molecular complexity index is 1470. The van der Waals surface area contributed by atoms with Crippen molar-refractivity contribution in [1.82, 2.24) is 10.2 Å². The van der Waals surface area contributed by atoms with Crippen LogP contribution in [0.5, 0.6) is 5.75 Å². The van der Waals surface area contributed by atoms with E-state index in [0.29, 0.717) is 24.5 Å². The number of carbonyl (C=O) groups excluding carboxylic acids is 2. The van der Waals surface area contributed by atoms with Gasteiger partial charge in [-0.3, -0.25) is 14.4 Å². The van der Waals surface area contributed by atoms with E-state index in [0.717, 1.165) is 66.5 Å². The molecule has 3 aromatic rings. The van der Waals surface area contributed by atoms with Crippen LogP contribution in [0.15, 0.2) is 72.8 Å². The Kier molecular flexibility index (Phi) is 10.3. The SMILES string of the molecule is CC(C)(C)C1CCC(N(C(=O)Cc2ccc(OCc3ccccc3)cc2)C2CCc3cc(C(=O)NCCC(=O)O)ccc32)CC1. The van der Waals surface area contributed by atoms with Crippen molar-refractivity contribution in [2.24, 2.45) is 11.3 Å². The lowest BCUT2D eigenvalue weighted by molar-refractivity contribution is -0.138. The molecule has 7 heteroatoms. The lowest BCUT2D eigenvalue weighted by atomic mass is 9.71. The van der Waals surface area contributed by atoms with Crippen LogP contribution >= 0.6 is 0 Å². The Balaban J connectivity index is 1.31. The molecule has 45 heavy (non-hydrogen) atoms. The maximum Gasteiger partial charge on any atom is 0.305 e. The van der Waals surface area contributed by atoms with Crippen LogP contribution in [-0.2, 0) is 29.0 Å². The van der Waals surface area contributed by atoms with Crippen molar-refractivity contribution in [2.45, 2.75) is 90.8 Å². The van der Waals surface area contributed by atoms with E-state index in [9.17, 15) is 14.4 Å². The van der Waals surface area contributed by atoms with Gasteiger partial charge in [-0.05, 0) is 96.4 Å². The molecule has 7 nitrogen and oxygen atoms in total. The molecule has 2 N–H and O–H groups in total. The van der Waals surface area contributed by atoms with E-state index < -0.39 is 5.97 Å². The molecule has 0 spiro atoms. The van der Waals surface area contributed by atoms with E-state index in [1.54, 1.807) is 6.07 Å². The van der Waals surface area contributed by atoms with Crippen molar-refractivity contribution in [3.63, 3.8) is 0 Å². The van der Waals surface area contributed by atoms with Crippen LogP contribution in [0.3, 0.4) is 0 Å². The zero-order chi connectivity index (χ0) is 32.0. The van der Waals surface area contributed by atoms with Crippen molar-refractivity contribution in [2.75, 3.05) is 6.54 Å². The van der Waals surface area contributed by atoms with E-state index >= 15 is 0 Å². The summed E-state index contributed by atoms with van der Waals surface area (Å²) >= 11 is 0. The van der Waals surface area contributed by atoms with Crippen LogP contribution in [0.1, 0.15) is 97.9 Å². The smallest absolute Gasteiger partial charge is 0.305 e. The van der Waals surface area contributed by atoms with Crippen molar-refractivity contribution < 1.29 is 24.2 Å². The molecule has 238 valence electrons. The van der Waals surface area contributed by atoms with E-state index in [4.69, 9.17) is 9.84 Å². The molecule has 5 rings (SSSR count). The summed E-state index contributed by atoms with van der Waals surface area (Å²) in [5.41, 5.74) is 5.06. The number of carbonyl (C=O) groups is 3. The van der Waals surface area contributed by atoms with Gasteiger partial charge in [0.1, 0.15) is 12.4 Å². The number of aliphatic carboxylic acids is 1. The first kappa shape index (κ1) is 32.3. The molecule has 1 fully saturated rings. The third kappa shape index (κ3) is 8.33. The second-order valence-corrected chi connectivity index (χ2v) is 13.6. The molecule has 2 aliphatic rings. The molecule has 3 aromatic carbocycles.